The minimum Gasteiger partial charge on any atom is -0.465 e. The minimum atomic E-state index is -0.492. The number of ether oxygens (including phenoxy) is 1. The van der Waals surface area contributed by atoms with Gasteiger partial charge in [0.05, 0.1) is 6.61 Å². The number of likely N-dealkylation sites (tertiary alicyclic amines) is 2. The zero-order valence-corrected chi connectivity index (χ0v) is 23.3. The lowest BCUT2D eigenvalue weighted by Crippen LogP contribution is -2.48. The van der Waals surface area contributed by atoms with Crippen molar-refractivity contribution in [3.8, 4) is 0 Å². The molecule has 38 heavy (non-hydrogen) atoms. The van der Waals surface area contributed by atoms with Crippen molar-refractivity contribution < 1.29 is 9.53 Å². The largest absolute Gasteiger partial charge is 0.465 e. The molecule has 4 heterocycles. The number of amides is 2. The normalized spacial score (nSPS) is 23.9. The van der Waals surface area contributed by atoms with Crippen LogP contribution in [0.3, 0.4) is 0 Å². The molecule has 9 heteroatoms. The van der Waals surface area contributed by atoms with Crippen LogP contribution in [0, 0.1) is 5.41 Å². The molecule has 1 aromatic carbocycles. The fraction of sp³-hybridized carbons (Fsp3) is 0.655. The summed E-state index contributed by atoms with van der Waals surface area (Å²) in [6.45, 7) is 13.6. The maximum absolute atomic E-state index is 12.7. The zero-order valence-electron chi connectivity index (χ0n) is 23.3. The van der Waals surface area contributed by atoms with E-state index in [4.69, 9.17) is 10.5 Å². The third kappa shape index (κ3) is 5.94. The van der Waals surface area contributed by atoms with Gasteiger partial charge in [-0.05, 0) is 88.7 Å². The molecule has 0 radical (unpaired) electrons. The lowest BCUT2D eigenvalue weighted by Gasteiger charge is -2.47. The van der Waals surface area contributed by atoms with E-state index in [0.29, 0.717) is 42.1 Å². The third-order valence-corrected chi connectivity index (χ3v) is 8.85. The molecule has 0 aromatic heterocycles. The van der Waals surface area contributed by atoms with Gasteiger partial charge in [0.25, 0.3) is 6.02 Å². The van der Waals surface area contributed by atoms with Crippen LogP contribution < -0.4 is 16.4 Å². The summed E-state index contributed by atoms with van der Waals surface area (Å²) >= 11 is 0. The van der Waals surface area contributed by atoms with Crippen molar-refractivity contribution in [3.63, 3.8) is 0 Å². The Kier molecular flexibility index (Phi) is 8.14. The second kappa shape index (κ2) is 11.5. The molecule has 3 saturated heterocycles. The number of nitrogens with zero attached hydrogens (tertiary/aromatic N) is 4. The molecular formula is C29H45N7O2. The van der Waals surface area contributed by atoms with E-state index in [1.54, 1.807) is 4.90 Å². The standard InChI is InChI=1S/C29H45N7O2/c1-4-5-18-38-27-32-25(30)24-26(33-27)36(28(37)31-24)20-23-8-6-22(7-9-23)19-34-14-10-29(11-15-34)12-16-35(17-13-29)21(2)3/h6-9,21,26H,4-5,10-20,30H2,1-3H3,(H,31,37)(H,32,33). The van der Waals surface area contributed by atoms with Crippen LogP contribution in [0.1, 0.15) is 70.4 Å². The van der Waals surface area contributed by atoms with Crippen LogP contribution in [0.25, 0.3) is 0 Å². The first-order valence-corrected chi connectivity index (χ1v) is 14.4. The molecule has 1 unspecified atom stereocenters. The Labute approximate surface area is 227 Å². The molecule has 2 amide bonds. The average Bonchev–Trinajstić information content (AvgIpc) is 3.22. The van der Waals surface area contributed by atoms with Gasteiger partial charge < -0.3 is 20.7 Å². The van der Waals surface area contributed by atoms with Crippen molar-refractivity contribution in [3.05, 3.63) is 46.9 Å². The van der Waals surface area contributed by atoms with Crippen LogP contribution in [-0.4, -0.2) is 71.7 Å². The first kappa shape index (κ1) is 26.8. The van der Waals surface area contributed by atoms with Crippen LogP contribution in [0.15, 0.2) is 40.8 Å². The van der Waals surface area contributed by atoms with Gasteiger partial charge in [0.2, 0.25) is 0 Å². The number of piperidine rings is 2. The second-order valence-electron chi connectivity index (χ2n) is 11.7. The highest BCUT2D eigenvalue weighted by molar-refractivity contribution is 5.85. The van der Waals surface area contributed by atoms with E-state index in [9.17, 15) is 4.79 Å². The Morgan fingerprint density at radius 2 is 1.66 bits per heavy atom. The average molecular weight is 524 g/mol. The first-order valence-electron chi connectivity index (χ1n) is 14.4. The van der Waals surface area contributed by atoms with E-state index >= 15 is 0 Å². The summed E-state index contributed by atoms with van der Waals surface area (Å²) in [6.07, 6.45) is 6.83. The summed E-state index contributed by atoms with van der Waals surface area (Å²) in [5, 5.41) is 5.83. The topological polar surface area (TPSA) is 98.5 Å². The molecular weight excluding hydrogens is 478 g/mol. The predicted octanol–water partition coefficient (Wildman–Crippen LogP) is 3.53. The summed E-state index contributed by atoms with van der Waals surface area (Å²) in [5.41, 5.74) is 9.71. The van der Waals surface area contributed by atoms with E-state index in [-0.39, 0.29) is 6.03 Å². The molecule has 0 aliphatic carbocycles. The lowest BCUT2D eigenvalue weighted by molar-refractivity contribution is 0.0230. The number of amidine groups is 1. The Balaban J connectivity index is 1.14. The molecule has 4 N–H and O–H groups in total. The van der Waals surface area contributed by atoms with E-state index in [0.717, 1.165) is 24.9 Å². The highest BCUT2D eigenvalue weighted by Crippen LogP contribution is 2.41. The molecule has 3 fully saturated rings. The molecule has 1 atom stereocenters. The number of rotatable bonds is 8. The Bertz CT molecular complexity index is 1030. The quantitative estimate of drug-likeness (QED) is 0.451. The number of nitrogens with one attached hydrogen (secondary N) is 2. The third-order valence-electron chi connectivity index (χ3n) is 8.85. The molecule has 0 bridgehead atoms. The van der Waals surface area contributed by atoms with Crippen molar-refractivity contribution in [1.29, 1.82) is 0 Å². The number of fused-ring (bicyclic) bond motifs is 1. The molecule has 1 aromatic rings. The van der Waals surface area contributed by atoms with Crippen LogP contribution in [0.2, 0.25) is 0 Å². The summed E-state index contributed by atoms with van der Waals surface area (Å²) in [6, 6.07) is 9.50. The van der Waals surface area contributed by atoms with Crippen molar-refractivity contribution in [2.75, 3.05) is 32.8 Å². The molecule has 0 saturated carbocycles. The fourth-order valence-corrected chi connectivity index (χ4v) is 6.14. The summed E-state index contributed by atoms with van der Waals surface area (Å²) < 4.78 is 5.73. The van der Waals surface area contributed by atoms with Crippen molar-refractivity contribution >= 4 is 12.1 Å². The molecule has 4 aliphatic heterocycles. The Hall–Kier alpha value is -2.78. The molecule has 5 rings (SSSR count). The number of nitrogens with two attached hydrogens (primary N) is 1. The number of hydrogen-bond acceptors (Lipinski definition) is 7. The highest BCUT2D eigenvalue weighted by Gasteiger charge is 2.40. The van der Waals surface area contributed by atoms with Gasteiger partial charge in [-0.25, -0.2) is 9.79 Å². The van der Waals surface area contributed by atoms with Gasteiger partial charge in [-0.2, -0.15) is 0 Å². The number of urea groups is 1. The number of hydrogen-bond donors (Lipinski definition) is 3. The highest BCUT2D eigenvalue weighted by atomic mass is 16.5. The Morgan fingerprint density at radius 3 is 2.29 bits per heavy atom. The van der Waals surface area contributed by atoms with Gasteiger partial charge in [0.15, 0.2) is 6.17 Å². The minimum absolute atomic E-state index is 0.196. The van der Waals surface area contributed by atoms with Crippen LogP contribution in [0.4, 0.5) is 4.79 Å². The maximum Gasteiger partial charge on any atom is 0.324 e. The summed E-state index contributed by atoms with van der Waals surface area (Å²) in [5.74, 6) is 0.386. The van der Waals surface area contributed by atoms with Gasteiger partial charge in [-0.15, -0.1) is 0 Å². The molecule has 1 spiro atoms. The number of benzene rings is 1. The van der Waals surface area contributed by atoms with E-state index in [2.05, 4.69) is 70.5 Å². The van der Waals surface area contributed by atoms with Gasteiger partial charge >= 0.3 is 6.03 Å². The van der Waals surface area contributed by atoms with E-state index < -0.39 is 6.17 Å². The lowest BCUT2D eigenvalue weighted by atomic mass is 9.71. The molecule has 9 nitrogen and oxygen atoms in total. The number of carbonyl (C=O) groups excluding carboxylic acids is 1. The number of unbranched alkanes of at least 4 members (excludes halogenated alkanes) is 1. The van der Waals surface area contributed by atoms with Crippen LogP contribution in [0.5, 0.6) is 0 Å². The monoisotopic (exact) mass is 523 g/mol. The summed E-state index contributed by atoms with van der Waals surface area (Å²) in [4.78, 5) is 24.3. The second-order valence-corrected chi connectivity index (χ2v) is 11.7. The number of carbonyl (C=O) groups is 1. The van der Waals surface area contributed by atoms with Gasteiger partial charge in [0.1, 0.15) is 11.5 Å². The maximum atomic E-state index is 12.7. The fourth-order valence-electron chi connectivity index (χ4n) is 6.14. The van der Waals surface area contributed by atoms with Gasteiger partial charge in [-0.3, -0.25) is 15.1 Å². The predicted molar refractivity (Wildman–Crippen MR) is 150 cm³/mol. The van der Waals surface area contributed by atoms with Crippen molar-refractivity contribution in [1.82, 2.24) is 25.3 Å². The number of aliphatic imine (C=N–C) groups is 1. The first-order chi connectivity index (χ1) is 18.4. The molecule has 208 valence electrons. The van der Waals surface area contributed by atoms with Crippen molar-refractivity contribution in [2.45, 2.75) is 84.6 Å². The van der Waals surface area contributed by atoms with Crippen LogP contribution in [-0.2, 0) is 17.8 Å². The van der Waals surface area contributed by atoms with Crippen LogP contribution >= 0.6 is 0 Å². The SMILES string of the molecule is CCCCOC1=NC2C(=C(N)N1)NC(=O)N2Cc1ccc(CN2CCC3(CC2)CCN(C(C)C)CC3)cc1. The summed E-state index contributed by atoms with van der Waals surface area (Å²) in [7, 11) is 0. The van der Waals surface area contributed by atoms with E-state index in [1.807, 2.05) is 0 Å². The van der Waals surface area contributed by atoms with Gasteiger partial charge in [-0.1, -0.05) is 37.6 Å². The van der Waals surface area contributed by atoms with Gasteiger partial charge in [0, 0.05) is 19.1 Å². The van der Waals surface area contributed by atoms with Crippen molar-refractivity contribution in [2.24, 2.45) is 16.1 Å². The van der Waals surface area contributed by atoms with E-state index in [1.165, 1.54) is 57.4 Å². The molecule has 4 aliphatic rings. The smallest absolute Gasteiger partial charge is 0.324 e. The zero-order chi connectivity index (χ0) is 26.7. The Morgan fingerprint density at radius 1 is 1.03 bits per heavy atom.